The molecule has 0 fully saturated rings. The Labute approximate surface area is 167 Å². The largest absolute Gasteiger partial charge is 0.377 e. The summed E-state index contributed by atoms with van der Waals surface area (Å²) in [7, 11) is 3.63. The first kappa shape index (κ1) is 21.2. The van der Waals surface area contributed by atoms with Gasteiger partial charge in [0.1, 0.15) is 5.02 Å². The third-order valence-electron chi connectivity index (χ3n) is 3.92. The summed E-state index contributed by atoms with van der Waals surface area (Å²) in [5.41, 5.74) is 1.25. The Hall–Kier alpha value is -3.13. The third-order valence-corrected chi connectivity index (χ3v) is 4.24. The van der Waals surface area contributed by atoms with Gasteiger partial charge >= 0.3 is 0 Å². The lowest BCUT2D eigenvalue weighted by molar-refractivity contribution is -0.384. The van der Waals surface area contributed by atoms with Crippen LogP contribution in [0, 0.1) is 10.1 Å². The zero-order chi connectivity index (χ0) is 20.8. The molecule has 0 saturated carbocycles. The average Bonchev–Trinajstić information content (AvgIpc) is 2.65. The number of nitrogens with one attached hydrogen (secondary N) is 2. The Bertz CT molecular complexity index is 915. The smallest absolute Gasteiger partial charge is 0.288 e. The van der Waals surface area contributed by atoms with Crippen LogP contribution >= 0.6 is 11.6 Å². The van der Waals surface area contributed by atoms with Crippen LogP contribution in [-0.2, 0) is 0 Å². The first-order chi connectivity index (χ1) is 13.2. The van der Waals surface area contributed by atoms with Crippen LogP contribution in [0.25, 0.3) is 0 Å². The highest BCUT2D eigenvalue weighted by molar-refractivity contribution is 6.32. The van der Waals surface area contributed by atoms with E-state index in [-0.39, 0.29) is 22.2 Å². The van der Waals surface area contributed by atoms with Crippen molar-refractivity contribution in [1.82, 2.24) is 5.32 Å². The lowest BCUT2D eigenvalue weighted by Crippen LogP contribution is -2.26. The van der Waals surface area contributed by atoms with Crippen molar-refractivity contribution in [2.45, 2.75) is 13.3 Å². The van der Waals surface area contributed by atoms with Gasteiger partial charge < -0.3 is 15.5 Å². The van der Waals surface area contributed by atoms with E-state index < -0.39 is 10.8 Å². The van der Waals surface area contributed by atoms with Gasteiger partial charge in [0.05, 0.1) is 10.5 Å². The van der Waals surface area contributed by atoms with Crippen molar-refractivity contribution < 1.29 is 14.5 Å². The van der Waals surface area contributed by atoms with Gasteiger partial charge in [0.2, 0.25) is 0 Å². The van der Waals surface area contributed by atoms with E-state index in [1.807, 2.05) is 21.0 Å². The molecule has 0 aliphatic carbocycles. The Kier molecular flexibility index (Phi) is 6.94. The van der Waals surface area contributed by atoms with Crippen molar-refractivity contribution in [3.05, 3.63) is 62.7 Å². The van der Waals surface area contributed by atoms with Crippen LogP contribution in [0.3, 0.4) is 0 Å². The Morgan fingerprint density at radius 2 is 1.86 bits per heavy atom. The highest BCUT2D eigenvalue weighted by Gasteiger charge is 2.18. The van der Waals surface area contributed by atoms with Gasteiger partial charge in [0, 0.05) is 43.6 Å². The number of carbonyl (C=O) groups is 2. The van der Waals surface area contributed by atoms with Crippen molar-refractivity contribution in [3.8, 4) is 0 Å². The molecule has 8 nitrogen and oxygen atoms in total. The van der Waals surface area contributed by atoms with Crippen LogP contribution in [0.15, 0.2) is 36.4 Å². The van der Waals surface area contributed by atoms with Gasteiger partial charge in [-0.15, -0.1) is 0 Å². The maximum Gasteiger partial charge on any atom is 0.288 e. The molecule has 2 aromatic carbocycles. The topological polar surface area (TPSA) is 105 Å². The molecule has 148 valence electrons. The average molecular weight is 405 g/mol. The van der Waals surface area contributed by atoms with Crippen LogP contribution < -0.4 is 15.5 Å². The fourth-order valence-electron chi connectivity index (χ4n) is 2.52. The van der Waals surface area contributed by atoms with E-state index >= 15 is 0 Å². The second-order valence-electron chi connectivity index (χ2n) is 6.26. The van der Waals surface area contributed by atoms with Gasteiger partial charge in [-0.25, -0.2) is 0 Å². The molecule has 0 aliphatic heterocycles. The summed E-state index contributed by atoms with van der Waals surface area (Å²) in [5.74, 6) is -0.791. The molecule has 0 aliphatic rings. The molecule has 28 heavy (non-hydrogen) atoms. The number of hydrogen-bond donors (Lipinski definition) is 2. The monoisotopic (exact) mass is 404 g/mol. The summed E-state index contributed by atoms with van der Waals surface area (Å²) in [6, 6.07) is 8.76. The van der Waals surface area contributed by atoms with Crippen LogP contribution in [0.1, 0.15) is 34.1 Å². The fourth-order valence-corrected chi connectivity index (χ4v) is 2.70. The van der Waals surface area contributed by atoms with E-state index in [1.54, 1.807) is 23.1 Å². The van der Waals surface area contributed by atoms with Crippen molar-refractivity contribution in [1.29, 1.82) is 0 Å². The van der Waals surface area contributed by atoms with E-state index in [2.05, 4.69) is 10.6 Å². The SMILES string of the molecule is CCCNC(=O)c1cc(NC(=O)c2ccc(Cl)c([N+](=O)[O-])c2)ccc1N(C)C. The van der Waals surface area contributed by atoms with Crippen LogP contribution in [0.2, 0.25) is 5.02 Å². The molecule has 2 rings (SSSR count). The van der Waals surface area contributed by atoms with Crippen molar-refractivity contribution in [2.24, 2.45) is 0 Å². The molecule has 0 atom stereocenters. The van der Waals surface area contributed by atoms with Gasteiger partial charge in [-0.2, -0.15) is 0 Å². The zero-order valence-electron chi connectivity index (χ0n) is 15.8. The van der Waals surface area contributed by atoms with Gasteiger partial charge in [0.25, 0.3) is 17.5 Å². The highest BCUT2D eigenvalue weighted by Crippen LogP contribution is 2.27. The first-order valence-corrected chi connectivity index (χ1v) is 8.97. The molecule has 2 amide bonds. The first-order valence-electron chi connectivity index (χ1n) is 8.59. The maximum atomic E-state index is 12.5. The summed E-state index contributed by atoms with van der Waals surface area (Å²) in [6.45, 7) is 2.49. The van der Waals surface area contributed by atoms with Crippen LogP contribution in [-0.4, -0.2) is 37.4 Å². The summed E-state index contributed by atoms with van der Waals surface area (Å²) < 4.78 is 0. The second-order valence-corrected chi connectivity index (χ2v) is 6.67. The molecule has 0 saturated heterocycles. The number of benzene rings is 2. The van der Waals surface area contributed by atoms with Gasteiger partial charge in [0.15, 0.2) is 0 Å². The predicted octanol–water partition coefficient (Wildman–Crippen LogP) is 3.71. The number of carbonyl (C=O) groups excluding carboxylic acids is 2. The number of nitro benzene ring substituents is 1. The lowest BCUT2D eigenvalue weighted by atomic mass is 10.1. The lowest BCUT2D eigenvalue weighted by Gasteiger charge is -2.18. The molecule has 0 heterocycles. The Morgan fingerprint density at radius 1 is 1.14 bits per heavy atom. The molecule has 2 aromatic rings. The minimum absolute atomic E-state index is 0.0493. The van der Waals surface area contributed by atoms with E-state index in [0.29, 0.717) is 23.5 Å². The molecule has 9 heteroatoms. The van der Waals surface area contributed by atoms with E-state index in [1.165, 1.54) is 12.1 Å². The quantitative estimate of drug-likeness (QED) is 0.540. The van der Waals surface area contributed by atoms with E-state index in [4.69, 9.17) is 11.6 Å². The van der Waals surface area contributed by atoms with E-state index in [0.717, 1.165) is 12.5 Å². The Balaban J connectivity index is 2.31. The molecule has 0 unspecified atom stereocenters. The Morgan fingerprint density at radius 3 is 2.46 bits per heavy atom. The van der Waals surface area contributed by atoms with Crippen LogP contribution in [0.5, 0.6) is 0 Å². The van der Waals surface area contributed by atoms with Crippen molar-refractivity contribution in [2.75, 3.05) is 30.9 Å². The number of hydrogen-bond acceptors (Lipinski definition) is 5. The van der Waals surface area contributed by atoms with Gasteiger partial charge in [-0.05, 0) is 36.8 Å². The second kappa shape index (κ2) is 9.18. The summed E-state index contributed by atoms with van der Waals surface area (Å²) in [4.78, 5) is 37.1. The minimum atomic E-state index is -0.652. The van der Waals surface area contributed by atoms with Crippen LogP contribution in [0.4, 0.5) is 17.1 Å². The molecule has 2 N–H and O–H groups in total. The van der Waals surface area contributed by atoms with Gasteiger partial charge in [-0.1, -0.05) is 18.5 Å². The molecule has 0 bridgehead atoms. The standard InChI is InChI=1S/C19H21ClN4O4/c1-4-9-21-19(26)14-11-13(6-8-16(14)23(2)3)22-18(25)12-5-7-15(20)17(10-12)24(27)28/h5-8,10-11H,4,9H2,1-3H3,(H,21,26)(H,22,25). The number of anilines is 2. The number of rotatable bonds is 7. The number of amides is 2. The van der Waals surface area contributed by atoms with Crippen molar-refractivity contribution in [3.63, 3.8) is 0 Å². The molecular weight excluding hydrogens is 384 g/mol. The zero-order valence-corrected chi connectivity index (χ0v) is 16.5. The number of nitro groups is 1. The number of halogens is 1. The molecule has 0 spiro atoms. The summed E-state index contributed by atoms with van der Waals surface area (Å²) in [6.07, 6.45) is 0.800. The third kappa shape index (κ3) is 4.98. The van der Waals surface area contributed by atoms with E-state index in [9.17, 15) is 19.7 Å². The van der Waals surface area contributed by atoms with Crippen molar-refractivity contribution >= 4 is 40.5 Å². The highest BCUT2D eigenvalue weighted by atomic mass is 35.5. The fraction of sp³-hybridized carbons (Fsp3) is 0.263. The molecular formula is C19H21ClN4O4. The normalized spacial score (nSPS) is 10.3. The minimum Gasteiger partial charge on any atom is -0.377 e. The summed E-state index contributed by atoms with van der Waals surface area (Å²) in [5, 5.41) is 16.4. The molecule has 0 aromatic heterocycles. The van der Waals surface area contributed by atoms with Gasteiger partial charge in [-0.3, -0.25) is 19.7 Å². The molecule has 0 radical (unpaired) electrons. The summed E-state index contributed by atoms with van der Waals surface area (Å²) >= 11 is 5.78. The number of nitrogens with zero attached hydrogens (tertiary/aromatic N) is 2. The maximum absolute atomic E-state index is 12.5. The predicted molar refractivity (Wildman–Crippen MR) is 109 cm³/mol.